The van der Waals surface area contributed by atoms with Gasteiger partial charge in [0.15, 0.2) is 0 Å². The Morgan fingerprint density at radius 1 is 1.20 bits per heavy atom. The standard InChI is InChI=1S/C22H26O3/c1-14(23)25-21-6-4-5-20-19-9-7-15-13-16(24-3)8-10-17(15)18(19)11-12-22(20,21)2/h5,8,10,13,21H,4,6-7,9,11-12H2,1-3H3/t21-,22+/m1/s1. The average Bonchev–Trinajstić information content (AvgIpc) is 2.61. The van der Waals surface area contributed by atoms with E-state index in [1.54, 1.807) is 7.11 Å². The quantitative estimate of drug-likeness (QED) is 0.723. The lowest BCUT2D eigenvalue weighted by Gasteiger charge is -2.47. The molecule has 0 aliphatic heterocycles. The van der Waals surface area contributed by atoms with Crippen LogP contribution in [0.5, 0.6) is 5.75 Å². The van der Waals surface area contributed by atoms with Crippen LogP contribution in [-0.4, -0.2) is 19.2 Å². The lowest BCUT2D eigenvalue weighted by molar-refractivity contribution is -0.152. The molecule has 0 N–H and O–H groups in total. The minimum Gasteiger partial charge on any atom is -0.497 e. The fourth-order valence-electron chi connectivity index (χ4n) is 5.00. The van der Waals surface area contributed by atoms with Crippen LogP contribution in [0.3, 0.4) is 0 Å². The van der Waals surface area contributed by atoms with E-state index in [0.717, 1.165) is 44.3 Å². The van der Waals surface area contributed by atoms with Crippen molar-refractivity contribution >= 4 is 11.5 Å². The van der Waals surface area contributed by atoms with Gasteiger partial charge in [0.1, 0.15) is 11.9 Å². The Morgan fingerprint density at radius 3 is 2.80 bits per heavy atom. The maximum absolute atomic E-state index is 11.6. The summed E-state index contributed by atoms with van der Waals surface area (Å²) in [5.74, 6) is 0.781. The van der Waals surface area contributed by atoms with Crippen molar-refractivity contribution in [2.24, 2.45) is 5.41 Å². The molecule has 0 aromatic heterocycles. The van der Waals surface area contributed by atoms with Crippen LogP contribution in [0.4, 0.5) is 0 Å². The first-order valence-electron chi connectivity index (χ1n) is 9.30. The predicted octanol–water partition coefficient (Wildman–Crippen LogP) is 4.85. The number of methoxy groups -OCH3 is 1. The largest absolute Gasteiger partial charge is 0.497 e. The van der Waals surface area contributed by atoms with Gasteiger partial charge < -0.3 is 9.47 Å². The van der Waals surface area contributed by atoms with E-state index in [0.29, 0.717) is 0 Å². The van der Waals surface area contributed by atoms with Crippen molar-refractivity contribution in [2.75, 3.05) is 7.11 Å². The van der Waals surface area contributed by atoms with Gasteiger partial charge in [0.05, 0.1) is 7.11 Å². The topological polar surface area (TPSA) is 35.5 Å². The van der Waals surface area contributed by atoms with Gasteiger partial charge in [-0.3, -0.25) is 4.79 Å². The molecule has 3 nitrogen and oxygen atoms in total. The number of carbonyl (C=O) groups excluding carboxylic acids is 1. The fourth-order valence-corrected chi connectivity index (χ4v) is 5.00. The zero-order chi connectivity index (χ0) is 17.6. The number of fused-ring (bicyclic) bond motifs is 4. The second kappa shape index (κ2) is 6.05. The summed E-state index contributed by atoms with van der Waals surface area (Å²) < 4.78 is 11.1. The zero-order valence-electron chi connectivity index (χ0n) is 15.4. The van der Waals surface area contributed by atoms with E-state index in [9.17, 15) is 4.79 Å². The van der Waals surface area contributed by atoms with Gasteiger partial charge in [-0.25, -0.2) is 0 Å². The summed E-state index contributed by atoms with van der Waals surface area (Å²) in [4.78, 5) is 11.6. The molecule has 3 heteroatoms. The Hall–Kier alpha value is -2.03. The number of benzene rings is 1. The van der Waals surface area contributed by atoms with Crippen molar-refractivity contribution in [1.82, 2.24) is 0 Å². The first kappa shape index (κ1) is 16.4. The van der Waals surface area contributed by atoms with Gasteiger partial charge in [-0.15, -0.1) is 0 Å². The van der Waals surface area contributed by atoms with Crippen LogP contribution >= 0.6 is 0 Å². The molecular formula is C22H26O3. The summed E-state index contributed by atoms with van der Waals surface area (Å²) in [6, 6.07) is 6.47. The van der Waals surface area contributed by atoms with Gasteiger partial charge in [0.2, 0.25) is 0 Å². The van der Waals surface area contributed by atoms with Crippen LogP contribution in [0.25, 0.3) is 5.57 Å². The van der Waals surface area contributed by atoms with Crippen LogP contribution in [0.15, 0.2) is 35.4 Å². The van der Waals surface area contributed by atoms with Crippen LogP contribution in [0.1, 0.15) is 57.1 Å². The summed E-state index contributed by atoms with van der Waals surface area (Å²) in [7, 11) is 1.73. The number of hydrogen-bond donors (Lipinski definition) is 0. The summed E-state index contributed by atoms with van der Waals surface area (Å²) in [5, 5.41) is 0. The highest BCUT2D eigenvalue weighted by atomic mass is 16.5. The first-order chi connectivity index (χ1) is 12.0. The van der Waals surface area contributed by atoms with Crippen LogP contribution in [0, 0.1) is 5.41 Å². The minimum absolute atomic E-state index is 0.0105. The normalized spacial score (nSPS) is 27.6. The van der Waals surface area contributed by atoms with Crippen molar-refractivity contribution < 1.29 is 14.3 Å². The van der Waals surface area contributed by atoms with Crippen LogP contribution < -0.4 is 4.74 Å². The molecule has 0 radical (unpaired) electrons. The lowest BCUT2D eigenvalue weighted by atomic mass is 9.60. The van der Waals surface area contributed by atoms with E-state index in [1.165, 1.54) is 34.8 Å². The third-order valence-electron chi connectivity index (χ3n) is 6.28. The van der Waals surface area contributed by atoms with Crippen molar-refractivity contribution in [3.8, 4) is 5.75 Å². The number of hydrogen-bond acceptors (Lipinski definition) is 3. The fraction of sp³-hybridized carbons (Fsp3) is 0.500. The molecule has 1 aromatic carbocycles. The Morgan fingerprint density at radius 2 is 2.04 bits per heavy atom. The van der Waals surface area contributed by atoms with Gasteiger partial charge >= 0.3 is 5.97 Å². The number of ether oxygens (including phenoxy) is 2. The first-order valence-corrected chi connectivity index (χ1v) is 9.30. The Bertz CT molecular complexity index is 786. The van der Waals surface area contributed by atoms with Gasteiger partial charge in [0.25, 0.3) is 0 Å². The Kier molecular flexibility index (Phi) is 3.98. The van der Waals surface area contributed by atoms with E-state index >= 15 is 0 Å². The molecule has 1 aromatic rings. The molecule has 3 aliphatic rings. The molecule has 132 valence electrons. The third-order valence-corrected chi connectivity index (χ3v) is 6.28. The second-order valence-corrected chi connectivity index (χ2v) is 7.69. The van der Waals surface area contributed by atoms with Crippen molar-refractivity contribution in [3.05, 3.63) is 46.5 Å². The molecule has 0 heterocycles. The maximum atomic E-state index is 11.6. The number of allylic oxidation sites excluding steroid dienone is 3. The maximum Gasteiger partial charge on any atom is 0.302 e. The SMILES string of the molecule is COc1ccc2c(c1)CCC1=C2CC[C@@]2(C)C1=CCC[C@H]2OC(C)=O. The van der Waals surface area contributed by atoms with Gasteiger partial charge in [-0.1, -0.05) is 19.1 Å². The van der Waals surface area contributed by atoms with E-state index < -0.39 is 0 Å². The summed E-state index contributed by atoms with van der Waals surface area (Å²) in [6.45, 7) is 3.82. The van der Waals surface area contributed by atoms with Gasteiger partial charge in [0, 0.05) is 12.3 Å². The third kappa shape index (κ3) is 2.61. The number of rotatable bonds is 2. The molecule has 0 spiro atoms. The summed E-state index contributed by atoms with van der Waals surface area (Å²) in [5.41, 5.74) is 7.19. The van der Waals surface area contributed by atoms with Crippen molar-refractivity contribution in [1.29, 1.82) is 0 Å². The zero-order valence-corrected chi connectivity index (χ0v) is 15.4. The molecule has 0 bridgehead atoms. The summed E-state index contributed by atoms with van der Waals surface area (Å²) >= 11 is 0. The lowest BCUT2D eigenvalue weighted by Crippen LogP contribution is -2.42. The van der Waals surface area contributed by atoms with Crippen LogP contribution in [0.2, 0.25) is 0 Å². The van der Waals surface area contributed by atoms with Crippen molar-refractivity contribution in [2.45, 2.75) is 58.5 Å². The number of carbonyl (C=O) groups is 1. The van der Waals surface area contributed by atoms with Crippen molar-refractivity contribution in [3.63, 3.8) is 0 Å². The number of aryl methyl sites for hydroxylation is 1. The molecule has 0 fully saturated rings. The molecule has 2 atom stereocenters. The van der Waals surface area contributed by atoms with Crippen LogP contribution in [-0.2, 0) is 16.0 Å². The monoisotopic (exact) mass is 338 g/mol. The molecule has 0 unspecified atom stereocenters. The van der Waals surface area contributed by atoms with E-state index in [-0.39, 0.29) is 17.5 Å². The molecular weight excluding hydrogens is 312 g/mol. The smallest absolute Gasteiger partial charge is 0.302 e. The predicted molar refractivity (Wildman–Crippen MR) is 98.4 cm³/mol. The van der Waals surface area contributed by atoms with E-state index in [2.05, 4.69) is 31.2 Å². The van der Waals surface area contributed by atoms with Gasteiger partial charge in [-0.05, 0) is 78.5 Å². The molecule has 0 saturated heterocycles. The second-order valence-electron chi connectivity index (χ2n) is 7.69. The molecule has 3 aliphatic carbocycles. The highest BCUT2D eigenvalue weighted by molar-refractivity contribution is 5.79. The highest BCUT2D eigenvalue weighted by Crippen LogP contribution is 2.55. The van der Waals surface area contributed by atoms with E-state index in [1.807, 2.05) is 0 Å². The number of esters is 1. The Balaban J connectivity index is 1.76. The van der Waals surface area contributed by atoms with Gasteiger partial charge in [-0.2, -0.15) is 0 Å². The highest BCUT2D eigenvalue weighted by Gasteiger charge is 2.46. The molecule has 0 amide bonds. The summed E-state index contributed by atoms with van der Waals surface area (Å²) in [6.07, 6.45) is 8.58. The minimum atomic E-state index is -0.159. The molecule has 0 saturated carbocycles. The average molecular weight is 338 g/mol. The Labute approximate surface area is 149 Å². The molecule has 25 heavy (non-hydrogen) atoms. The van der Waals surface area contributed by atoms with E-state index in [4.69, 9.17) is 9.47 Å². The molecule has 4 rings (SSSR count).